The zero-order valence-corrected chi connectivity index (χ0v) is 17.7. The van der Waals surface area contributed by atoms with Crippen molar-refractivity contribution in [3.05, 3.63) is 82.6 Å². The number of aliphatic imine (C=N–C) groups is 1. The normalized spacial score (nSPS) is 11.1. The number of rotatable bonds is 4. The summed E-state index contributed by atoms with van der Waals surface area (Å²) in [7, 11) is 0. The van der Waals surface area contributed by atoms with Gasteiger partial charge in [-0.05, 0) is 55.9 Å². The number of anilines is 2. The zero-order chi connectivity index (χ0) is 20.6. The number of benzene rings is 2. The van der Waals surface area contributed by atoms with Gasteiger partial charge in [-0.1, -0.05) is 48.0 Å². The minimum atomic E-state index is 0.369. The lowest BCUT2D eigenvalue weighted by atomic mass is 10.2. The SMILES string of the molecule is Cc1cc(C)nc(NC(=NCc2ccccc2Cl)NC(=S)Nc2ccccc2)n1. The van der Waals surface area contributed by atoms with Crippen LogP contribution in [0.4, 0.5) is 11.6 Å². The van der Waals surface area contributed by atoms with Gasteiger partial charge in [-0.15, -0.1) is 0 Å². The van der Waals surface area contributed by atoms with E-state index in [-0.39, 0.29) is 0 Å². The number of aromatic nitrogens is 2. The van der Waals surface area contributed by atoms with Crippen LogP contribution in [0.1, 0.15) is 17.0 Å². The highest BCUT2D eigenvalue weighted by molar-refractivity contribution is 7.80. The van der Waals surface area contributed by atoms with Gasteiger partial charge >= 0.3 is 0 Å². The Kier molecular flexibility index (Phi) is 7.10. The molecule has 1 aromatic heterocycles. The van der Waals surface area contributed by atoms with Crippen LogP contribution in [-0.2, 0) is 6.54 Å². The van der Waals surface area contributed by atoms with Crippen molar-refractivity contribution in [2.45, 2.75) is 20.4 Å². The van der Waals surface area contributed by atoms with Gasteiger partial charge < -0.3 is 10.6 Å². The summed E-state index contributed by atoms with van der Waals surface area (Å²) in [5.41, 5.74) is 3.49. The second-order valence-electron chi connectivity index (χ2n) is 6.30. The first-order valence-corrected chi connectivity index (χ1v) is 9.78. The minimum Gasteiger partial charge on any atom is -0.332 e. The summed E-state index contributed by atoms with van der Waals surface area (Å²) in [5, 5.41) is 10.4. The van der Waals surface area contributed by atoms with Crippen LogP contribution < -0.4 is 16.0 Å². The fourth-order valence-corrected chi connectivity index (χ4v) is 2.99. The van der Waals surface area contributed by atoms with Crippen LogP contribution in [-0.4, -0.2) is 21.0 Å². The topological polar surface area (TPSA) is 74.2 Å². The molecule has 0 unspecified atom stereocenters. The molecule has 1 heterocycles. The van der Waals surface area contributed by atoms with Crippen LogP contribution in [0.15, 0.2) is 65.7 Å². The number of aryl methyl sites for hydroxylation is 2. The highest BCUT2D eigenvalue weighted by Gasteiger charge is 2.08. The van der Waals surface area contributed by atoms with Crippen molar-refractivity contribution < 1.29 is 0 Å². The lowest BCUT2D eigenvalue weighted by molar-refractivity contribution is 1.03. The first kappa shape index (κ1) is 20.7. The Hall–Kier alpha value is -3.03. The molecule has 0 amide bonds. The Morgan fingerprint density at radius 1 is 0.966 bits per heavy atom. The third kappa shape index (κ3) is 6.51. The average Bonchev–Trinajstić information content (AvgIpc) is 2.67. The van der Waals surface area contributed by atoms with Gasteiger partial charge in [-0.3, -0.25) is 5.32 Å². The molecule has 0 atom stereocenters. The molecule has 0 radical (unpaired) electrons. The van der Waals surface area contributed by atoms with Gasteiger partial charge in [0.2, 0.25) is 11.9 Å². The highest BCUT2D eigenvalue weighted by Crippen LogP contribution is 2.15. The van der Waals surface area contributed by atoms with Crippen molar-refractivity contribution >= 4 is 46.5 Å². The Balaban J connectivity index is 1.79. The summed E-state index contributed by atoms with van der Waals surface area (Å²) in [6.45, 7) is 4.19. The molecular weight excluding hydrogens is 404 g/mol. The van der Waals surface area contributed by atoms with Gasteiger partial charge in [0.05, 0.1) is 6.54 Å². The molecule has 0 aliphatic rings. The molecule has 0 bridgehead atoms. The summed E-state index contributed by atoms with van der Waals surface area (Å²) in [5.74, 6) is 0.860. The number of para-hydroxylation sites is 1. The monoisotopic (exact) mass is 424 g/mol. The first-order chi connectivity index (χ1) is 14.0. The van der Waals surface area contributed by atoms with Gasteiger partial charge in [-0.2, -0.15) is 0 Å². The largest absolute Gasteiger partial charge is 0.332 e. The molecule has 0 saturated heterocycles. The Morgan fingerprint density at radius 2 is 1.62 bits per heavy atom. The molecule has 2 aromatic carbocycles. The van der Waals surface area contributed by atoms with E-state index in [1.54, 1.807) is 0 Å². The molecule has 29 heavy (non-hydrogen) atoms. The maximum Gasteiger partial charge on any atom is 0.229 e. The van der Waals surface area contributed by atoms with E-state index < -0.39 is 0 Å². The van der Waals surface area contributed by atoms with E-state index >= 15 is 0 Å². The van der Waals surface area contributed by atoms with E-state index in [9.17, 15) is 0 Å². The molecule has 3 N–H and O–H groups in total. The predicted molar refractivity (Wildman–Crippen MR) is 124 cm³/mol. The first-order valence-electron chi connectivity index (χ1n) is 9.00. The highest BCUT2D eigenvalue weighted by atomic mass is 35.5. The number of halogens is 1. The van der Waals surface area contributed by atoms with E-state index in [4.69, 9.17) is 23.8 Å². The molecule has 148 valence electrons. The van der Waals surface area contributed by atoms with E-state index in [0.717, 1.165) is 22.6 Å². The molecule has 3 aromatic rings. The van der Waals surface area contributed by atoms with Crippen LogP contribution in [0, 0.1) is 13.8 Å². The maximum absolute atomic E-state index is 6.25. The van der Waals surface area contributed by atoms with Crippen LogP contribution in [0.2, 0.25) is 5.02 Å². The molecular formula is C21H21ClN6S. The standard InChI is InChI=1S/C21H21ClN6S/c1-14-12-15(2)25-20(24-14)27-19(23-13-16-8-6-7-11-18(16)22)28-21(29)26-17-9-4-3-5-10-17/h3-12H,13H2,1-2H3,(H3,23,24,25,26,27,28,29). The number of nitrogens with one attached hydrogen (secondary N) is 3. The molecule has 0 aliphatic carbocycles. The minimum absolute atomic E-state index is 0.369. The molecule has 8 heteroatoms. The summed E-state index contributed by atoms with van der Waals surface area (Å²) in [6.07, 6.45) is 0. The van der Waals surface area contributed by atoms with Gasteiger partial charge in [0.15, 0.2) is 5.11 Å². The van der Waals surface area contributed by atoms with Gasteiger partial charge in [0.1, 0.15) is 0 Å². The Labute approximate surface area is 180 Å². The smallest absolute Gasteiger partial charge is 0.229 e. The predicted octanol–water partition coefficient (Wildman–Crippen LogP) is 4.70. The quantitative estimate of drug-likeness (QED) is 0.320. The molecule has 0 spiro atoms. The summed E-state index contributed by atoms with van der Waals surface area (Å²) in [4.78, 5) is 13.4. The van der Waals surface area contributed by atoms with Crippen molar-refractivity contribution in [1.82, 2.24) is 15.3 Å². The van der Waals surface area contributed by atoms with Gasteiger partial charge in [0.25, 0.3) is 0 Å². The van der Waals surface area contributed by atoms with Crippen molar-refractivity contribution in [1.29, 1.82) is 0 Å². The molecule has 0 saturated carbocycles. The van der Waals surface area contributed by atoms with E-state index in [1.165, 1.54) is 0 Å². The Bertz CT molecular complexity index is 1000. The Morgan fingerprint density at radius 3 is 2.31 bits per heavy atom. The molecule has 6 nitrogen and oxygen atoms in total. The maximum atomic E-state index is 6.25. The van der Waals surface area contributed by atoms with E-state index in [2.05, 4.69) is 30.9 Å². The van der Waals surface area contributed by atoms with Crippen molar-refractivity contribution in [3.63, 3.8) is 0 Å². The molecule has 0 aliphatic heterocycles. The average molecular weight is 425 g/mol. The molecule has 0 fully saturated rings. The third-order valence-electron chi connectivity index (χ3n) is 3.84. The number of hydrogen-bond acceptors (Lipinski definition) is 4. The van der Waals surface area contributed by atoms with Crippen molar-refractivity contribution in [2.24, 2.45) is 4.99 Å². The van der Waals surface area contributed by atoms with Gasteiger partial charge in [0, 0.05) is 22.1 Å². The second-order valence-corrected chi connectivity index (χ2v) is 7.12. The number of thiocarbonyl (C=S) groups is 1. The summed E-state index contributed by atoms with van der Waals surface area (Å²) in [6, 6.07) is 19.1. The third-order valence-corrected chi connectivity index (χ3v) is 4.41. The number of nitrogens with zero attached hydrogens (tertiary/aromatic N) is 3. The number of hydrogen-bond donors (Lipinski definition) is 3. The van der Waals surface area contributed by atoms with Crippen LogP contribution in [0.3, 0.4) is 0 Å². The summed E-state index contributed by atoms with van der Waals surface area (Å²) >= 11 is 11.7. The fraction of sp³-hybridized carbons (Fsp3) is 0.143. The summed E-state index contributed by atoms with van der Waals surface area (Å²) < 4.78 is 0. The van der Waals surface area contributed by atoms with Crippen molar-refractivity contribution in [3.8, 4) is 0 Å². The lowest BCUT2D eigenvalue weighted by Gasteiger charge is -2.14. The zero-order valence-electron chi connectivity index (χ0n) is 16.1. The lowest BCUT2D eigenvalue weighted by Crippen LogP contribution is -2.39. The second kappa shape index (κ2) is 9.95. The van der Waals surface area contributed by atoms with E-state index in [1.807, 2.05) is 74.5 Å². The van der Waals surface area contributed by atoms with Gasteiger partial charge in [-0.25, -0.2) is 15.0 Å². The van der Waals surface area contributed by atoms with Crippen molar-refractivity contribution in [2.75, 3.05) is 10.6 Å². The van der Waals surface area contributed by atoms with Crippen LogP contribution in [0.5, 0.6) is 0 Å². The van der Waals surface area contributed by atoms with Crippen LogP contribution in [0.25, 0.3) is 0 Å². The fourth-order valence-electron chi connectivity index (χ4n) is 2.58. The van der Waals surface area contributed by atoms with Crippen LogP contribution >= 0.6 is 23.8 Å². The van der Waals surface area contributed by atoms with E-state index in [0.29, 0.717) is 28.6 Å². The number of guanidine groups is 1. The molecule has 3 rings (SSSR count).